The van der Waals surface area contributed by atoms with Crippen molar-refractivity contribution in [3.8, 4) is 0 Å². The molecule has 21 heavy (non-hydrogen) atoms. The summed E-state index contributed by atoms with van der Waals surface area (Å²) in [6.07, 6.45) is 9.49. The van der Waals surface area contributed by atoms with Gasteiger partial charge in [-0.2, -0.15) is 0 Å². The van der Waals surface area contributed by atoms with Gasteiger partial charge < -0.3 is 0 Å². The van der Waals surface area contributed by atoms with Crippen molar-refractivity contribution >= 4 is 12.2 Å². The zero-order valence-corrected chi connectivity index (χ0v) is 13.6. The lowest BCUT2D eigenvalue weighted by atomic mass is 9.92. The third kappa shape index (κ3) is 2.64. The van der Waals surface area contributed by atoms with Crippen molar-refractivity contribution in [3.63, 3.8) is 0 Å². The summed E-state index contributed by atoms with van der Waals surface area (Å²) in [6.45, 7) is 14.9. The van der Waals surface area contributed by atoms with Crippen LogP contribution in [0.1, 0.15) is 54.5 Å². The molecule has 0 heteroatoms. The Kier molecular flexibility index (Phi) is 3.65. The van der Waals surface area contributed by atoms with Crippen LogP contribution in [0.15, 0.2) is 30.4 Å². The predicted octanol–water partition coefficient (Wildman–Crippen LogP) is 5.74. The summed E-state index contributed by atoms with van der Waals surface area (Å²) < 4.78 is 0. The monoisotopic (exact) mass is 278 g/mol. The smallest absolute Gasteiger partial charge is 0.0127 e. The second-order valence-corrected chi connectivity index (χ2v) is 6.96. The molecule has 1 saturated carbocycles. The first-order valence-corrected chi connectivity index (χ1v) is 8.12. The maximum absolute atomic E-state index is 4.16. The minimum atomic E-state index is 0.625. The van der Waals surface area contributed by atoms with Crippen LogP contribution in [0.5, 0.6) is 0 Å². The van der Waals surface area contributed by atoms with Gasteiger partial charge in [0.2, 0.25) is 0 Å². The molecule has 0 amide bonds. The Morgan fingerprint density at radius 2 is 1.90 bits per heavy atom. The highest BCUT2D eigenvalue weighted by Crippen LogP contribution is 2.40. The van der Waals surface area contributed by atoms with Gasteiger partial charge in [0, 0.05) is 0 Å². The molecule has 0 radical (unpaired) electrons. The summed E-state index contributed by atoms with van der Waals surface area (Å²) in [5.74, 6) is 1.46. The molecule has 0 N–H and O–H groups in total. The number of fused-ring (bicyclic) bond motifs is 1. The van der Waals surface area contributed by atoms with Crippen LogP contribution in [0.25, 0.3) is 12.2 Å². The van der Waals surface area contributed by atoms with Crippen molar-refractivity contribution in [2.45, 2.75) is 46.5 Å². The summed E-state index contributed by atoms with van der Waals surface area (Å²) in [7, 11) is 0. The third-order valence-electron chi connectivity index (χ3n) is 5.31. The van der Waals surface area contributed by atoms with E-state index in [4.69, 9.17) is 0 Å². The van der Waals surface area contributed by atoms with Crippen molar-refractivity contribution < 1.29 is 0 Å². The lowest BCUT2D eigenvalue weighted by Crippen LogP contribution is -1.99. The van der Waals surface area contributed by atoms with Crippen LogP contribution in [0, 0.1) is 18.8 Å². The molecule has 0 nitrogen and oxygen atoms in total. The Hall–Kier alpha value is -1.56. The molecule has 110 valence electrons. The normalized spacial score (nSPS) is 21.3. The van der Waals surface area contributed by atoms with Gasteiger partial charge in [0.05, 0.1) is 0 Å². The second-order valence-electron chi connectivity index (χ2n) is 6.96. The van der Waals surface area contributed by atoms with Gasteiger partial charge >= 0.3 is 0 Å². The minimum absolute atomic E-state index is 0.625. The zero-order valence-electron chi connectivity index (χ0n) is 13.6. The topological polar surface area (TPSA) is 0 Å². The standard InChI is InChI=1S/C21H26/c1-6-16-10-19-11-18(13(2)3)12-21(19)15(5)20(16)9-14(4)17-7-8-17/h6,9-10,17-18H,1-2,7-8,11-12H2,3-5H3/b14-9+. The number of benzene rings is 1. The number of rotatable bonds is 4. The maximum Gasteiger partial charge on any atom is -0.0127 e. The summed E-state index contributed by atoms with van der Waals surface area (Å²) in [6, 6.07) is 2.37. The lowest BCUT2D eigenvalue weighted by molar-refractivity contribution is 0.660. The Morgan fingerprint density at radius 3 is 2.48 bits per heavy atom. The van der Waals surface area contributed by atoms with E-state index in [9.17, 15) is 0 Å². The zero-order chi connectivity index (χ0) is 15.1. The summed E-state index contributed by atoms with van der Waals surface area (Å²) in [5.41, 5.74) is 10.1. The first-order chi connectivity index (χ1) is 10.0. The van der Waals surface area contributed by atoms with Gasteiger partial charge in [-0.15, -0.1) is 0 Å². The highest BCUT2D eigenvalue weighted by atomic mass is 14.3. The number of hydrogen-bond donors (Lipinski definition) is 0. The van der Waals surface area contributed by atoms with E-state index in [1.807, 2.05) is 6.08 Å². The highest BCUT2D eigenvalue weighted by molar-refractivity contribution is 5.71. The van der Waals surface area contributed by atoms with E-state index in [0.29, 0.717) is 5.92 Å². The fourth-order valence-corrected chi connectivity index (χ4v) is 3.62. The van der Waals surface area contributed by atoms with E-state index in [2.05, 4.69) is 46.1 Å². The molecule has 0 aromatic heterocycles. The number of allylic oxidation sites excluding steroid dienone is 2. The summed E-state index contributed by atoms with van der Waals surface area (Å²) in [4.78, 5) is 0. The minimum Gasteiger partial charge on any atom is -0.0998 e. The molecule has 1 aromatic carbocycles. The van der Waals surface area contributed by atoms with Gasteiger partial charge in [0.25, 0.3) is 0 Å². The Balaban J connectivity index is 2.06. The van der Waals surface area contributed by atoms with Crippen molar-refractivity contribution in [2.24, 2.45) is 11.8 Å². The van der Waals surface area contributed by atoms with Crippen LogP contribution in [0.2, 0.25) is 0 Å². The summed E-state index contributed by atoms with van der Waals surface area (Å²) in [5, 5.41) is 0. The maximum atomic E-state index is 4.16. The van der Waals surface area contributed by atoms with Crippen LogP contribution in [0.4, 0.5) is 0 Å². The predicted molar refractivity (Wildman–Crippen MR) is 93.4 cm³/mol. The molecular weight excluding hydrogens is 252 g/mol. The van der Waals surface area contributed by atoms with Crippen molar-refractivity contribution in [3.05, 3.63) is 58.2 Å². The molecule has 0 spiro atoms. The fraction of sp³-hybridized carbons (Fsp3) is 0.429. The Labute approximate surface area is 129 Å². The molecule has 1 fully saturated rings. The molecule has 3 rings (SSSR count). The van der Waals surface area contributed by atoms with Gasteiger partial charge in [-0.1, -0.05) is 42.5 Å². The molecule has 0 aliphatic heterocycles. The van der Waals surface area contributed by atoms with E-state index < -0.39 is 0 Å². The van der Waals surface area contributed by atoms with Crippen LogP contribution in [-0.2, 0) is 12.8 Å². The molecule has 0 saturated heterocycles. The highest BCUT2D eigenvalue weighted by Gasteiger charge is 2.26. The van der Waals surface area contributed by atoms with Gasteiger partial charge in [0.1, 0.15) is 0 Å². The lowest BCUT2D eigenvalue weighted by Gasteiger charge is -2.13. The van der Waals surface area contributed by atoms with Crippen LogP contribution >= 0.6 is 0 Å². The van der Waals surface area contributed by atoms with Crippen LogP contribution in [-0.4, -0.2) is 0 Å². The average Bonchev–Trinajstić information content (AvgIpc) is 3.21. The van der Waals surface area contributed by atoms with Gasteiger partial charge in [-0.3, -0.25) is 0 Å². The van der Waals surface area contributed by atoms with Crippen molar-refractivity contribution in [1.82, 2.24) is 0 Å². The molecule has 2 aliphatic rings. The Morgan fingerprint density at radius 1 is 1.19 bits per heavy atom. The third-order valence-corrected chi connectivity index (χ3v) is 5.31. The summed E-state index contributed by atoms with van der Waals surface area (Å²) >= 11 is 0. The molecule has 2 aliphatic carbocycles. The second kappa shape index (κ2) is 5.33. The van der Waals surface area contributed by atoms with Gasteiger partial charge in [-0.25, -0.2) is 0 Å². The first kappa shape index (κ1) is 14.4. The van der Waals surface area contributed by atoms with Crippen LogP contribution < -0.4 is 0 Å². The van der Waals surface area contributed by atoms with Crippen molar-refractivity contribution in [2.75, 3.05) is 0 Å². The molecule has 1 aromatic rings. The van der Waals surface area contributed by atoms with Crippen molar-refractivity contribution in [1.29, 1.82) is 0 Å². The van der Waals surface area contributed by atoms with E-state index in [-0.39, 0.29) is 0 Å². The number of hydrogen-bond acceptors (Lipinski definition) is 0. The molecule has 0 bridgehead atoms. The van der Waals surface area contributed by atoms with E-state index >= 15 is 0 Å². The van der Waals surface area contributed by atoms with E-state index in [1.54, 1.807) is 5.56 Å². The van der Waals surface area contributed by atoms with Crippen LogP contribution in [0.3, 0.4) is 0 Å². The molecular formula is C21H26. The molecule has 1 unspecified atom stereocenters. The van der Waals surface area contributed by atoms with E-state index in [0.717, 1.165) is 18.8 Å². The molecule has 1 atom stereocenters. The van der Waals surface area contributed by atoms with Gasteiger partial charge in [0.15, 0.2) is 0 Å². The molecule has 0 heterocycles. The SMILES string of the molecule is C=Cc1cc2c(c(C)c1/C=C(\C)C1CC1)CC(C(=C)C)C2. The average molecular weight is 278 g/mol. The quantitative estimate of drug-likeness (QED) is 0.616. The van der Waals surface area contributed by atoms with E-state index in [1.165, 1.54) is 46.2 Å². The largest absolute Gasteiger partial charge is 0.0998 e. The van der Waals surface area contributed by atoms with Gasteiger partial charge in [-0.05, 0) is 86.1 Å². The Bertz CT molecular complexity index is 638. The first-order valence-electron chi connectivity index (χ1n) is 8.12. The fourth-order valence-electron chi connectivity index (χ4n) is 3.62.